The zero-order valence-electron chi connectivity index (χ0n) is 9.41. The van der Waals surface area contributed by atoms with Gasteiger partial charge in [0.25, 0.3) is 0 Å². The van der Waals surface area contributed by atoms with Crippen LogP contribution >= 0.6 is 11.8 Å². The lowest BCUT2D eigenvalue weighted by Gasteiger charge is -2.10. The van der Waals surface area contributed by atoms with E-state index in [0.29, 0.717) is 12.4 Å². The van der Waals surface area contributed by atoms with Gasteiger partial charge in [0.05, 0.1) is 6.10 Å². The number of aromatic nitrogens is 2. The van der Waals surface area contributed by atoms with Crippen molar-refractivity contribution in [2.75, 3.05) is 18.1 Å². The molecule has 18 heavy (non-hydrogen) atoms. The van der Waals surface area contributed by atoms with Crippen LogP contribution in [0.25, 0.3) is 0 Å². The molecule has 8 heteroatoms. The van der Waals surface area contributed by atoms with Gasteiger partial charge in [0.2, 0.25) is 5.95 Å². The summed E-state index contributed by atoms with van der Waals surface area (Å²) in [6, 6.07) is 0.913. The number of nitrogens with zero attached hydrogens (tertiary/aromatic N) is 2. The Labute approximate surface area is 106 Å². The fraction of sp³-hybridized carbons (Fsp3) is 0.600. The molecule has 1 aliphatic heterocycles. The molecule has 0 amide bonds. The average Bonchev–Trinajstić information content (AvgIpc) is 2.77. The van der Waals surface area contributed by atoms with Crippen molar-refractivity contribution >= 4 is 17.7 Å². The van der Waals surface area contributed by atoms with E-state index in [-0.39, 0.29) is 17.1 Å². The Balaban J connectivity index is 2.05. The number of ether oxygens (including phenoxy) is 1. The van der Waals surface area contributed by atoms with Crippen molar-refractivity contribution in [3.63, 3.8) is 0 Å². The molecule has 0 saturated carbocycles. The van der Waals surface area contributed by atoms with E-state index in [2.05, 4.69) is 9.97 Å². The Hall–Kier alpha value is -1.02. The normalized spacial score (nSPS) is 20.3. The predicted octanol–water partition coefficient (Wildman–Crippen LogP) is 2.35. The summed E-state index contributed by atoms with van der Waals surface area (Å²) in [7, 11) is 0. The van der Waals surface area contributed by atoms with E-state index in [0.717, 1.165) is 18.9 Å². The molecule has 0 spiro atoms. The lowest BCUT2D eigenvalue weighted by Crippen LogP contribution is -2.12. The number of hydrogen-bond donors (Lipinski definition) is 1. The van der Waals surface area contributed by atoms with Gasteiger partial charge in [-0.3, -0.25) is 0 Å². The van der Waals surface area contributed by atoms with E-state index in [9.17, 15) is 13.2 Å². The first kappa shape index (κ1) is 13.4. The summed E-state index contributed by atoms with van der Waals surface area (Å²) < 4.78 is 42.9. The first-order chi connectivity index (χ1) is 8.45. The van der Waals surface area contributed by atoms with Gasteiger partial charge in [-0.25, -0.2) is 9.97 Å². The Kier molecular flexibility index (Phi) is 3.96. The van der Waals surface area contributed by atoms with Crippen LogP contribution in [0, 0.1) is 0 Å². The topological polar surface area (TPSA) is 61.0 Å². The van der Waals surface area contributed by atoms with Crippen LogP contribution in [0.1, 0.15) is 18.5 Å². The van der Waals surface area contributed by atoms with Gasteiger partial charge in [-0.15, -0.1) is 11.8 Å². The lowest BCUT2D eigenvalue weighted by molar-refractivity contribution is -0.141. The molecule has 1 fully saturated rings. The molecule has 1 aliphatic rings. The zero-order chi connectivity index (χ0) is 13.2. The Morgan fingerprint density at radius 1 is 1.44 bits per heavy atom. The highest BCUT2D eigenvalue weighted by atomic mass is 32.2. The Bertz CT molecular complexity index is 421. The number of anilines is 1. The largest absolute Gasteiger partial charge is 0.433 e. The first-order valence-corrected chi connectivity index (χ1v) is 6.40. The summed E-state index contributed by atoms with van der Waals surface area (Å²) in [5.41, 5.74) is 4.26. The average molecular weight is 279 g/mol. The van der Waals surface area contributed by atoms with Gasteiger partial charge in [-0.2, -0.15) is 13.2 Å². The molecule has 2 rings (SSSR count). The number of hydrogen-bond acceptors (Lipinski definition) is 5. The summed E-state index contributed by atoms with van der Waals surface area (Å²) in [5.74, 6) is 0.216. The minimum atomic E-state index is -4.50. The third-order valence-electron chi connectivity index (χ3n) is 2.45. The standard InChI is InChI=1S/C10H12F3N3OS/c11-10(12,13)7-4-8(16-9(14)15-7)18-5-6-2-1-3-17-6/h4,6H,1-3,5H2,(H2,14,15,16). The van der Waals surface area contributed by atoms with Crippen molar-refractivity contribution in [2.24, 2.45) is 0 Å². The summed E-state index contributed by atoms with van der Waals surface area (Å²) >= 11 is 1.21. The van der Waals surface area contributed by atoms with Crippen LogP contribution < -0.4 is 5.73 Å². The maximum absolute atomic E-state index is 12.5. The van der Waals surface area contributed by atoms with E-state index in [1.165, 1.54) is 11.8 Å². The first-order valence-electron chi connectivity index (χ1n) is 5.41. The maximum Gasteiger partial charge on any atom is 0.433 e. The zero-order valence-corrected chi connectivity index (χ0v) is 10.2. The van der Waals surface area contributed by atoms with Gasteiger partial charge in [0.15, 0.2) is 5.69 Å². The minimum absolute atomic E-state index is 0.0838. The van der Waals surface area contributed by atoms with E-state index in [4.69, 9.17) is 10.5 Å². The molecule has 0 aromatic carbocycles. The number of alkyl halides is 3. The smallest absolute Gasteiger partial charge is 0.377 e. The van der Waals surface area contributed by atoms with Crippen molar-refractivity contribution in [1.82, 2.24) is 9.97 Å². The Morgan fingerprint density at radius 2 is 2.22 bits per heavy atom. The van der Waals surface area contributed by atoms with Gasteiger partial charge < -0.3 is 10.5 Å². The quantitative estimate of drug-likeness (QED) is 0.679. The molecule has 0 bridgehead atoms. The second kappa shape index (κ2) is 5.31. The highest BCUT2D eigenvalue weighted by Crippen LogP contribution is 2.31. The molecule has 1 atom stereocenters. The SMILES string of the molecule is Nc1nc(SCC2CCCO2)cc(C(F)(F)F)n1. The summed E-state index contributed by atoms with van der Waals surface area (Å²) in [4.78, 5) is 6.96. The van der Waals surface area contributed by atoms with Crippen LogP contribution in [0.2, 0.25) is 0 Å². The number of thioether (sulfide) groups is 1. The molecule has 1 unspecified atom stereocenters. The van der Waals surface area contributed by atoms with Crippen molar-refractivity contribution in [2.45, 2.75) is 30.1 Å². The molecule has 0 radical (unpaired) electrons. The maximum atomic E-state index is 12.5. The molecule has 0 aliphatic carbocycles. The van der Waals surface area contributed by atoms with E-state index in [1.807, 2.05) is 0 Å². The van der Waals surface area contributed by atoms with Crippen molar-refractivity contribution in [3.8, 4) is 0 Å². The van der Waals surface area contributed by atoms with Crippen LogP contribution in [0.5, 0.6) is 0 Å². The summed E-state index contributed by atoms with van der Waals surface area (Å²) in [6.07, 6.45) is -2.50. The molecule has 4 nitrogen and oxygen atoms in total. The number of halogens is 3. The van der Waals surface area contributed by atoms with Gasteiger partial charge in [0.1, 0.15) is 5.03 Å². The highest BCUT2D eigenvalue weighted by Gasteiger charge is 2.33. The minimum Gasteiger partial charge on any atom is -0.377 e. The molecule has 1 aromatic rings. The highest BCUT2D eigenvalue weighted by molar-refractivity contribution is 7.99. The van der Waals surface area contributed by atoms with E-state index >= 15 is 0 Å². The molecule has 1 saturated heterocycles. The van der Waals surface area contributed by atoms with Gasteiger partial charge >= 0.3 is 6.18 Å². The van der Waals surface area contributed by atoms with Crippen LogP contribution in [0.3, 0.4) is 0 Å². The van der Waals surface area contributed by atoms with Crippen LogP contribution in [0.15, 0.2) is 11.1 Å². The number of rotatable bonds is 3. The van der Waals surface area contributed by atoms with E-state index in [1.54, 1.807) is 0 Å². The van der Waals surface area contributed by atoms with Gasteiger partial charge in [0, 0.05) is 18.4 Å². The fourth-order valence-electron chi connectivity index (χ4n) is 1.62. The third kappa shape index (κ3) is 3.49. The molecule has 2 heterocycles. The fourth-order valence-corrected chi connectivity index (χ4v) is 2.59. The second-order valence-electron chi connectivity index (χ2n) is 3.89. The predicted molar refractivity (Wildman–Crippen MR) is 61.1 cm³/mol. The van der Waals surface area contributed by atoms with Crippen molar-refractivity contribution in [1.29, 1.82) is 0 Å². The van der Waals surface area contributed by atoms with Crippen LogP contribution in [-0.4, -0.2) is 28.4 Å². The Morgan fingerprint density at radius 3 is 2.83 bits per heavy atom. The monoisotopic (exact) mass is 279 g/mol. The number of nitrogen functional groups attached to an aromatic ring is 1. The molecule has 100 valence electrons. The molecular formula is C10H12F3N3OS. The van der Waals surface area contributed by atoms with Gasteiger partial charge in [-0.05, 0) is 12.8 Å². The van der Waals surface area contributed by atoms with Gasteiger partial charge in [-0.1, -0.05) is 0 Å². The van der Waals surface area contributed by atoms with E-state index < -0.39 is 11.9 Å². The molecule has 2 N–H and O–H groups in total. The van der Waals surface area contributed by atoms with Crippen LogP contribution in [0.4, 0.5) is 19.1 Å². The van der Waals surface area contributed by atoms with Crippen molar-refractivity contribution < 1.29 is 17.9 Å². The second-order valence-corrected chi connectivity index (χ2v) is 4.93. The summed E-state index contributed by atoms with van der Waals surface area (Å²) in [5, 5.41) is 0.227. The van der Waals surface area contributed by atoms with Crippen molar-refractivity contribution in [3.05, 3.63) is 11.8 Å². The van der Waals surface area contributed by atoms with Crippen LogP contribution in [-0.2, 0) is 10.9 Å². The molecular weight excluding hydrogens is 267 g/mol. The summed E-state index contributed by atoms with van der Waals surface area (Å²) in [6.45, 7) is 0.713. The third-order valence-corrected chi connectivity index (χ3v) is 3.49. The lowest BCUT2D eigenvalue weighted by atomic mass is 10.3. The number of nitrogens with two attached hydrogens (primary N) is 1. The molecule has 1 aromatic heterocycles.